The molecule has 0 bridgehead atoms. The molecule has 6 nitrogen and oxygen atoms in total. The highest BCUT2D eigenvalue weighted by atomic mass is 32.1. The predicted molar refractivity (Wildman–Crippen MR) is 82.6 cm³/mol. The Morgan fingerprint density at radius 3 is 3.23 bits per heavy atom. The van der Waals surface area contributed by atoms with Gasteiger partial charge in [-0.2, -0.15) is 4.98 Å². The van der Waals surface area contributed by atoms with Gasteiger partial charge in [-0.05, 0) is 30.8 Å². The zero-order valence-corrected chi connectivity index (χ0v) is 13.5. The molecule has 2 aromatic heterocycles. The minimum absolute atomic E-state index is 0.143. The van der Waals surface area contributed by atoms with Crippen molar-refractivity contribution in [1.29, 1.82) is 0 Å². The minimum Gasteiger partial charge on any atom is -0.389 e. The van der Waals surface area contributed by atoms with Crippen LogP contribution in [0.3, 0.4) is 0 Å². The van der Waals surface area contributed by atoms with Gasteiger partial charge in [0, 0.05) is 18.3 Å². The maximum absolute atomic E-state index is 10.2. The quantitative estimate of drug-likeness (QED) is 0.842. The summed E-state index contributed by atoms with van der Waals surface area (Å²) in [7, 11) is 0. The number of thiophene rings is 1. The lowest BCUT2D eigenvalue weighted by atomic mass is 10.2. The van der Waals surface area contributed by atoms with Crippen LogP contribution < -0.4 is 0 Å². The van der Waals surface area contributed by atoms with Crippen molar-refractivity contribution in [2.75, 3.05) is 19.7 Å². The van der Waals surface area contributed by atoms with Gasteiger partial charge in [0.2, 0.25) is 5.89 Å². The van der Waals surface area contributed by atoms with Gasteiger partial charge in [-0.25, -0.2) is 0 Å². The summed E-state index contributed by atoms with van der Waals surface area (Å²) in [5.74, 6) is 1.31. The molecule has 2 atom stereocenters. The highest BCUT2D eigenvalue weighted by Crippen LogP contribution is 2.30. The van der Waals surface area contributed by atoms with E-state index in [1.165, 1.54) is 4.88 Å². The van der Waals surface area contributed by atoms with Gasteiger partial charge in [0.1, 0.15) is 0 Å². The third-order valence-corrected chi connectivity index (χ3v) is 4.63. The first-order chi connectivity index (χ1) is 10.7. The van der Waals surface area contributed by atoms with Crippen molar-refractivity contribution in [3.63, 3.8) is 0 Å². The summed E-state index contributed by atoms with van der Waals surface area (Å²) >= 11 is 1.66. The molecule has 1 aliphatic rings. The summed E-state index contributed by atoms with van der Waals surface area (Å²) in [5.41, 5.74) is 0. The van der Waals surface area contributed by atoms with Crippen LogP contribution in [0, 0.1) is 6.92 Å². The summed E-state index contributed by atoms with van der Waals surface area (Å²) in [6.45, 7) is 4.21. The summed E-state index contributed by atoms with van der Waals surface area (Å²) < 4.78 is 10.6. The Morgan fingerprint density at radius 1 is 1.59 bits per heavy atom. The van der Waals surface area contributed by atoms with Crippen molar-refractivity contribution in [1.82, 2.24) is 15.0 Å². The Hall–Kier alpha value is -1.28. The molecule has 1 saturated heterocycles. The Bertz CT molecular complexity index is 572. The van der Waals surface area contributed by atoms with E-state index in [0.717, 1.165) is 25.2 Å². The summed E-state index contributed by atoms with van der Waals surface area (Å²) in [6, 6.07) is 4.18. The van der Waals surface area contributed by atoms with Crippen LogP contribution in [-0.4, -0.2) is 45.9 Å². The van der Waals surface area contributed by atoms with Crippen molar-refractivity contribution in [3.8, 4) is 0 Å². The Balaban J connectivity index is 1.46. The second kappa shape index (κ2) is 7.32. The van der Waals surface area contributed by atoms with Gasteiger partial charge in [0.15, 0.2) is 5.82 Å². The monoisotopic (exact) mass is 323 g/mol. The van der Waals surface area contributed by atoms with E-state index < -0.39 is 6.10 Å². The fraction of sp³-hybridized carbons (Fsp3) is 0.600. The zero-order chi connectivity index (χ0) is 15.4. The van der Waals surface area contributed by atoms with E-state index in [4.69, 9.17) is 9.26 Å². The largest absolute Gasteiger partial charge is 0.389 e. The van der Waals surface area contributed by atoms with Gasteiger partial charge in [-0.1, -0.05) is 11.2 Å². The molecule has 120 valence electrons. The molecule has 0 amide bonds. The fourth-order valence-electron chi connectivity index (χ4n) is 2.80. The first-order valence-electron chi connectivity index (χ1n) is 7.55. The first kappa shape index (κ1) is 15.6. The molecule has 1 N–H and O–H groups in total. The normalized spacial score (nSPS) is 20.5. The highest BCUT2D eigenvalue weighted by Gasteiger charge is 2.30. The molecule has 0 spiro atoms. The number of ether oxygens (including phenoxy) is 1. The number of aromatic nitrogens is 2. The van der Waals surface area contributed by atoms with Crippen molar-refractivity contribution in [2.24, 2.45) is 0 Å². The fourth-order valence-corrected chi connectivity index (χ4v) is 3.44. The topological polar surface area (TPSA) is 71.6 Å². The van der Waals surface area contributed by atoms with Crippen LogP contribution in [0.4, 0.5) is 0 Å². The Kier molecular flexibility index (Phi) is 5.20. The van der Waals surface area contributed by atoms with Crippen LogP contribution in [0.1, 0.15) is 35.5 Å². The van der Waals surface area contributed by atoms with Gasteiger partial charge in [-0.15, -0.1) is 11.3 Å². The summed E-state index contributed by atoms with van der Waals surface area (Å²) in [4.78, 5) is 7.70. The van der Waals surface area contributed by atoms with Gasteiger partial charge in [0.05, 0.1) is 25.4 Å². The van der Waals surface area contributed by atoms with Crippen LogP contribution in [0.25, 0.3) is 0 Å². The molecule has 7 heteroatoms. The van der Waals surface area contributed by atoms with E-state index in [2.05, 4.69) is 15.0 Å². The molecule has 3 rings (SSSR count). The average molecular weight is 323 g/mol. The van der Waals surface area contributed by atoms with Crippen molar-refractivity contribution < 1.29 is 14.4 Å². The van der Waals surface area contributed by atoms with Crippen molar-refractivity contribution in [2.45, 2.75) is 38.5 Å². The number of hydrogen-bond donors (Lipinski definition) is 1. The molecular weight excluding hydrogens is 302 g/mol. The zero-order valence-electron chi connectivity index (χ0n) is 12.6. The van der Waals surface area contributed by atoms with Gasteiger partial charge >= 0.3 is 0 Å². The number of rotatable bonds is 7. The molecule has 22 heavy (non-hydrogen) atoms. The first-order valence-corrected chi connectivity index (χ1v) is 8.43. The van der Waals surface area contributed by atoms with E-state index in [0.29, 0.717) is 25.6 Å². The number of hydrogen-bond acceptors (Lipinski definition) is 7. The van der Waals surface area contributed by atoms with Gasteiger partial charge < -0.3 is 14.4 Å². The Labute approximate surface area is 133 Å². The summed E-state index contributed by atoms with van der Waals surface area (Å²) in [6.07, 6.45) is 1.58. The number of aliphatic hydroxyl groups is 1. The average Bonchev–Trinajstić information content (AvgIpc) is 3.20. The SMILES string of the molecule is Cc1nc([C@H]2CCCN2C[C@@H](O)COCc2cccs2)no1. The second-order valence-corrected chi connectivity index (χ2v) is 6.61. The molecule has 0 radical (unpaired) electrons. The number of aliphatic hydroxyl groups excluding tert-OH is 1. The van der Waals surface area contributed by atoms with Crippen LogP contribution in [-0.2, 0) is 11.3 Å². The van der Waals surface area contributed by atoms with Gasteiger partial charge in [-0.3, -0.25) is 4.90 Å². The maximum atomic E-state index is 10.2. The van der Waals surface area contributed by atoms with Crippen LogP contribution in [0.2, 0.25) is 0 Å². The van der Waals surface area contributed by atoms with Crippen molar-refractivity contribution >= 4 is 11.3 Å². The third-order valence-electron chi connectivity index (χ3n) is 3.78. The second-order valence-electron chi connectivity index (χ2n) is 5.57. The van der Waals surface area contributed by atoms with Crippen LogP contribution in [0.15, 0.2) is 22.0 Å². The lowest BCUT2D eigenvalue weighted by Gasteiger charge is -2.24. The van der Waals surface area contributed by atoms with E-state index >= 15 is 0 Å². The molecule has 0 aromatic carbocycles. The number of aryl methyl sites for hydroxylation is 1. The number of β-amino-alcohol motifs (C(OH)–C–C–N with tert-alkyl or cyclic N) is 1. The molecular formula is C15H21N3O3S. The lowest BCUT2D eigenvalue weighted by molar-refractivity contribution is 0.00785. The molecule has 3 heterocycles. The standard InChI is InChI=1S/C15H21N3O3S/c1-11-16-15(17-21-11)14-5-2-6-18(14)8-12(19)9-20-10-13-4-3-7-22-13/h3-4,7,12,14,19H,2,5-6,8-10H2,1H3/t12-,14-/m1/s1. The molecule has 1 aliphatic heterocycles. The van der Waals surface area contributed by atoms with Crippen LogP contribution >= 0.6 is 11.3 Å². The number of likely N-dealkylation sites (tertiary alicyclic amines) is 1. The molecule has 2 aromatic rings. The van der Waals surface area contributed by atoms with Crippen molar-refractivity contribution in [3.05, 3.63) is 34.1 Å². The van der Waals surface area contributed by atoms with E-state index in [9.17, 15) is 5.11 Å². The van der Waals surface area contributed by atoms with E-state index in [1.54, 1.807) is 18.3 Å². The molecule has 0 saturated carbocycles. The Morgan fingerprint density at radius 2 is 2.50 bits per heavy atom. The summed E-state index contributed by atoms with van der Waals surface area (Å²) in [5, 5.41) is 16.2. The third kappa shape index (κ3) is 3.92. The number of nitrogens with zero attached hydrogens (tertiary/aromatic N) is 3. The van der Waals surface area contributed by atoms with Crippen LogP contribution in [0.5, 0.6) is 0 Å². The molecule has 0 aliphatic carbocycles. The lowest BCUT2D eigenvalue weighted by Crippen LogP contribution is -2.35. The highest BCUT2D eigenvalue weighted by molar-refractivity contribution is 7.09. The smallest absolute Gasteiger partial charge is 0.223 e. The van der Waals surface area contributed by atoms with E-state index in [1.807, 2.05) is 17.5 Å². The minimum atomic E-state index is -0.506. The molecule has 1 fully saturated rings. The predicted octanol–water partition coefficient (Wildman–Crippen LogP) is 2.15. The maximum Gasteiger partial charge on any atom is 0.223 e. The van der Waals surface area contributed by atoms with Gasteiger partial charge in [0.25, 0.3) is 0 Å². The molecule has 0 unspecified atom stereocenters. The van der Waals surface area contributed by atoms with E-state index in [-0.39, 0.29) is 6.04 Å².